The van der Waals surface area contributed by atoms with Crippen molar-refractivity contribution in [1.82, 2.24) is 0 Å². The van der Waals surface area contributed by atoms with E-state index in [1.807, 2.05) is 31.2 Å². The molecule has 0 N–H and O–H groups in total. The third kappa shape index (κ3) is 2.54. The van der Waals surface area contributed by atoms with Crippen molar-refractivity contribution in [1.29, 1.82) is 0 Å². The summed E-state index contributed by atoms with van der Waals surface area (Å²) >= 11 is 5.88. The topological polar surface area (TPSA) is 22.4 Å². The van der Waals surface area contributed by atoms with E-state index in [1.165, 1.54) is 0 Å². The van der Waals surface area contributed by atoms with E-state index in [1.54, 1.807) is 12.5 Å². The Hall–Kier alpha value is -1.41. The van der Waals surface area contributed by atoms with Crippen molar-refractivity contribution in [2.24, 2.45) is 0 Å². The average molecular weight is 223 g/mol. The molecule has 2 aromatic rings. The third-order valence-electron chi connectivity index (χ3n) is 2.12. The van der Waals surface area contributed by atoms with E-state index in [2.05, 4.69) is 0 Å². The van der Waals surface area contributed by atoms with Crippen molar-refractivity contribution in [2.75, 3.05) is 0 Å². The average Bonchev–Trinajstić information content (AvgIpc) is 2.72. The van der Waals surface area contributed by atoms with Crippen LogP contribution in [0.2, 0.25) is 5.02 Å². The molecule has 0 aliphatic rings. The molecule has 0 radical (unpaired) electrons. The number of hydrogen-bond donors (Lipinski definition) is 0. The monoisotopic (exact) mass is 222 g/mol. The first-order chi connectivity index (χ1) is 7.25. The number of rotatable bonds is 3. The second kappa shape index (κ2) is 4.41. The summed E-state index contributed by atoms with van der Waals surface area (Å²) in [5.74, 6) is 0.809. The molecule has 1 heterocycles. The summed E-state index contributed by atoms with van der Waals surface area (Å²) in [5.41, 5.74) is 2.08. The van der Waals surface area contributed by atoms with E-state index >= 15 is 0 Å². The van der Waals surface area contributed by atoms with Crippen molar-refractivity contribution in [3.05, 3.63) is 52.9 Å². The second-order valence-electron chi connectivity index (χ2n) is 3.33. The summed E-state index contributed by atoms with van der Waals surface area (Å²) in [5, 5.41) is 0.683. The van der Waals surface area contributed by atoms with Crippen LogP contribution in [0.5, 0.6) is 5.75 Å². The molecule has 0 spiro atoms. The van der Waals surface area contributed by atoms with Gasteiger partial charge in [0, 0.05) is 10.6 Å². The first-order valence-corrected chi connectivity index (χ1v) is 5.03. The molecule has 0 bridgehead atoms. The molecule has 1 aromatic carbocycles. The van der Waals surface area contributed by atoms with Crippen LogP contribution in [0.3, 0.4) is 0 Å². The van der Waals surface area contributed by atoms with Gasteiger partial charge in [0.1, 0.15) is 12.4 Å². The highest BCUT2D eigenvalue weighted by Crippen LogP contribution is 2.23. The second-order valence-corrected chi connectivity index (χ2v) is 3.77. The van der Waals surface area contributed by atoms with E-state index in [-0.39, 0.29) is 0 Å². The maximum Gasteiger partial charge on any atom is 0.124 e. The number of aryl methyl sites for hydroxylation is 1. The highest BCUT2D eigenvalue weighted by Gasteiger charge is 2.01. The summed E-state index contributed by atoms with van der Waals surface area (Å²) in [4.78, 5) is 0. The van der Waals surface area contributed by atoms with Gasteiger partial charge in [-0.15, -0.1) is 0 Å². The summed E-state index contributed by atoms with van der Waals surface area (Å²) in [6.07, 6.45) is 3.30. The third-order valence-corrected chi connectivity index (χ3v) is 2.36. The largest absolute Gasteiger partial charge is 0.488 e. The lowest BCUT2D eigenvalue weighted by atomic mass is 10.2. The van der Waals surface area contributed by atoms with Crippen LogP contribution in [0, 0.1) is 6.92 Å². The first kappa shape index (κ1) is 10.1. The maximum absolute atomic E-state index is 5.88. The standard InChI is InChI=1S/C12H11ClO2/c1-9-2-3-11(13)6-12(9)15-8-10-4-5-14-7-10/h2-7H,8H2,1H3. The Kier molecular flexibility index (Phi) is 2.97. The van der Waals surface area contributed by atoms with E-state index < -0.39 is 0 Å². The van der Waals surface area contributed by atoms with Crippen LogP contribution >= 0.6 is 11.6 Å². The van der Waals surface area contributed by atoms with E-state index in [4.69, 9.17) is 20.8 Å². The van der Waals surface area contributed by atoms with Gasteiger partial charge in [0.2, 0.25) is 0 Å². The lowest BCUT2D eigenvalue weighted by Gasteiger charge is -2.07. The number of halogens is 1. The van der Waals surface area contributed by atoms with Crippen molar-refractivity contribution >= 4 is 11.6 Å². The minimum Gasteiger partial charge on any atom is -0.488 e. The number of hydrogen-bond acceptors (Lipinski definition) is 2. The van der Waals surface area contributed by atoms with Crippen molar-refractivity contribution in [2.45, 2.75) is 13.5 Å². The first-order valence-electron chi connectivity index (χ1n) is 4.66. The fourth-order valence-electron chi connectivity index (χ4n) is 1.27. The van der Waals surface area contributed by atoms with Gasteiger partial charge in [-0.2, -0.15) is 0 Å². The maximum atomic E-state index is 5.88. The van der Waals surface area contributed by atoms with Gasteiger partial charge in [0.25, 0.3) is 0 Å². The molecule has 0 saturated carbocycles. The van der Waals surface area contributed by atoms with Gasteiger partial charge in [0.05, 0.1) is 12.5 Å². The lowest BCUT2D eigenvalue weighted by molar-refractivity contribution is 0.302. The van der Waals surface area contributed by atoms with Gasteiger partial charge in [-0.05, 0) is 30.7 Å². The van der Waals surface area contributed by atoms with Gasteiger partial charge in [0.15, 0.2) is 0 Å². The lowest BCUT2D eigenvalue weighted by Crippen LogP contribution is -1.95. The fourth-order valence-corrected chi connectivity index (χ4v) is 1.43. The smallest absolute Gasteiger partial charge is 0.124 e. The van der Waals surface area contributed by atoms with Gasteiger partial charge in [-0.25, -0.2) is 0 Å². The van der Waals surface area contributed by atoms with Crippen molar-refractivity contribution < 1.29 is 9.15 Å². The van der Waals surface area contributed by atoms with Gasteiger partial charge >= 0.3 is 0 Å². The molecule has 0 saturated heterocycles. The molecule has 0 aliphatic carbocycles. The molecule has 2 nitrogen and oxygen atoms in total. The predicted molar refractivity (Wildman–Crippen MR) is 59.2 cm³/mol. The molecule has 78 valence electrons. The van der Waals surface area contributed by atoms with Crippen LogP contribution in [0.1, 0.15) is 11.1 Å². The number of furan rings is 1. The highest BCUT2D eigenvalue weighted by molar-refractivity contribution is 6.30. The fraction of sp³-hybridized carbons (Fsp3) is 0.167. The van der Waals surface area contributed by atoms with Crippen LogP contribution < -0.4 is 4.74 Å². The van der Waals surface area contributed by atoms with Crippen LogP contribution in [-0.4, -0.2) is 0 Å². The molecule has 0 amide bonds. The zero-order chi connectivity index (χ0) is 10.7. The summed E-state index contributed by atoms with van der Waals surface area (Å²) < 4.78 is 10.6. The van der Waals surface area contributed by atoms with Crippen molar-refractivity contribution in [3.63, 3.8) is 0 Å². The van der Waals surface area contributed by atoms with E-state index in [0.717, 1.165) is 16.9 Å². The Morgan fingerprint density at radius 1 is 1.33 bits per heavy atom. The molecule has 15 heavy (non-hydrogen) atoms. The Morgan fingerprint density at radius 3 is 2.93 bits per heavy atom. The minimum atomic E-state index is 0.498. The Labute approximate surface area is 93.4 Å². The van der Waals surface area contributed by atoms with Gasteiger partial charge in [-0.1, -0.05) is 17.7 Å². The van der Waals surface area contributed by atoms with Gasteiger partial charge < -0.3 is 9.15 Å². The van der Waals surface area contributed by atoms with Crippen LogP contribution in [0.25, 0.3) is 0 Å². The van der Waals surface area contributed by atoms with Gasteiger partial charge in [-0.3, -0.25) is 0 Å². The molecular weight excluding hydrogens is 212 g/mol. The van der Waals surface area contributed by atoms with Crippen LogP contribution in [0.4, 0.5) is 0 Å². The Balaban J connectivity index is 2.07. The zero-order valence-corrected chi connectivity index (χ0v) is 9.12. The summed E-state index contributed by atoms with van der Waals surface area (Å²) in [7, 11) is 0. The molecule has 1 aromatic heterocycles. The van der Waals surface area contributed by atoms with Crippen molar-refractivity contribution in [3.8, 4) is 5.75 Å². The Bertz CT molecular complexity index is 435. The Morgan fingerprint density at radius 2 is 2.20 bits per heavy atom. The SMILES string of the molecule is Cc1ccc(Cl)cc1OCc1ccoc1. The summed E-state index contributed by atoms with van der Waals surface area (Å²) in [6, 6.07) is 7.48. The quantitative estimate of drug-likeness (QED) is 0.788. The minimum absolute atomic E-state index is 0.498. The highest BCUT2D eigenvalue weighted by atomic mass is 35.5. The predicted octanol–water partition coefficient (Wildman–Crippen LogP) is 3.82. The summed E-state index contributed by atoms with van der Waals surface area (Å²) in [6.45, 7) is 2.48. The molecule has 0 atom stereocenters. The van der Waals surface area contributed by atoms with E-state index in [9.17, 15) is 0 Å². The molecule has 0 aliphatic heterocycles. The zero-order valence-electron chi connectivity index (χ0n) is 8.37. The number of benzene rings is 1. The normalized spacial score (nSPS) is 10.3. The molecule has 2 rings (SSSR count). The molecular formula is C12H11ClO2. The molecule has 0 unspecified atom stereocenters. The molecule has 0 fully saturated rings. The number of ether oxygens (including phenoxy) is 1. The van der Waals surface area contributed by atoms with Crippen LogP contribution in [0.15, 0.2) is 41.2 Å². The molecule has 3 heteroatoms. The van der Waals surface area contributed by atoms with E-state index in [0.29, 0.717) is 11.6 Å². The van der Waals surface area contributed by atoms with Crippen LogP contribution in [-0.2, 0) is 6.61 Å².